The number of hydrogen-bond donors (Lipinski definition) is 1. The third-order valence-corrected chi connectivity index (χ3v) is 6.44. The molecule has 1 saturated carbocycles. The van der Waals surface area contributed by atoms with Gasteiger partial charge in [0.15, 0.2) is 0 Å². The maximum absolute atomic E-state index is 14.8. The molecule has 1 aromatic heterocycles. The van der Waals surface area contributed by atoms with E-state index in [9.17, 15) is 4.39 Å². The van der Waals surface area contributed by atoms with E-state index >= 15 is 0 Å². The van der Waals surface area contributed by atoms with E-state index in [0.29, 0.717) is 5.02 Å². The summed E-state index contributed by atoms with van der Waals surface area (Å²) in [5.41, 5.74) is 5.41. The topological polar surface area (TPSA) is 28.3 Å². The Morgan fingerprint density at radius 2 is 2.15 bits per heavy atom. The van der Waals surface area contributed by atoms with Crippen LogP contribution in [0.25, 0.3) is 5.83 Å². The number of H-pyrrole nitrogens is 1. The first-order chi connectivity index (χ1) is 12.5. The monoisotopic (exact) mass is 372 g/mol. The van der Waals surface area contributed by atoms with Gasteiger partial charge in [-0.25, -0.2) is 4.39 Å². The number of rotatable bonds is 2. The average molecular weight is 373 g/mol. The molecule has 2 heterocycles. The molecule has 136 valence electrons. The highest BCUT2D eigenvalue weighted by molar-refractivity contribution is 6.30. The fourth-order valence-electron chi connectivity index (χ4n) is 4.96. The molecule has 1 aliphatic heterocycles. The van der Waals surface area contributed by atoms with E-state index in [1.54, 1.807) is 13.2 Å². The number of hydrogen-bond acceptors (Lipinski definition) is 2. The smallest absolute Gasteiger partial charge is 0.128 e. The zero-order chi connectivity index (χ0) is 18.1. The van der Waals surface area contributed by atoms with Gasteiger partial charge in [-0.3, -0.25) is 4.90 Å². The van der Waals surface area contributed by atoms with E-state index in [-0.39, 0.29) is 17.3 Å². The van der Waals surface area contributed by atoms with Gasteiger partial charge in [0, 0.05) is 39.5 Å². The molecule has 1 spiro atoms. The first kappa shape index (κ1) is 16.4. The highest BCUT2D eigenvalue weighted by Crippen LogP contribution is 2.59. The molecule has 2 aromatic rings. The van der Waals surface area contributed by atoms with Gasteiger partial charge in [-0.2, -0.15) is 0 Å². The molecule has 0 saturated heterocycles. The average Bonchev–Trinajstić information content (AvgIpc) is 3.25. The minimum atomic E-state index is -0.0543. The molecule has 2 aliphatic carbocycles. The number of benzene rings is 1. The van der Waals surface area contributed by atoms with Gasteiger partial charge in [-0.05, 0) is 56.5 Å². The summed E-state index contributed by atoms with van der Waals surface area (Å²) in [7, 11) is 3.82. The van der Waals surface area contributed by atoms with Crippen molar-refractivity contribution >= 4 is 17.4 Å². The van der Waals surface area contributed by atoms with Crippen LogP contribution in [0.15, 0.2) is 24.3 Å². The van der Waals surface area contributed by atoms with Crippen LogP contribution in [0.3, 0.4) is 0 Å². The lowest BCUT2D eigenvalue weighted by molar-refractivity contribution is 0.222. The first-order valence-corrected chi connectivity index (χ1v) is 9.57. The molecule has 1 fully saturated rings. The number of methoxy groups -OCH3 is 1. The number of aromatic amines is 1. The fourth-order valence-corrected chi connectivity index (χ4v) is 5.12. The van der Waals surface area contributed by atoms with Gasteiger partial charge in [-0.1, -0.05) is 17.7 Å². The fraction of sp³-hybridized carbons (Fsp3) is 0.429. The lowest BCUT2D eigenvalue weighted by Crippen LogP contribution is -2.39. The number of nitrogens with zero attached hydrogens (tertiary/aromatic N) is 1. The highest BCUT2D eigenvalue weighted by Gasteiger charge is 2.54. The Labute approximate surface area is 157 Å². The van der Waals surface area contributed by atoms with Gasteiger partial charge >= 0.3 is 0 Å². The van der Waals surface area contributed by atoms with Crippen LogP contribution in [-0.4, -0.2) is 30.6 Å². The lowest BCUT2D eigenvalue weighted by atomic mass is 9.81. The van der Waals surface area contributed by atoms with E-state index in [1.807, 2.05) is 18.2 Å². The van der Waals surface area contributed by atoms with Gasteiger partial charge < -0.3 is 9.72 Å². The minimum absolute atomic E-state index is 0.0156. The second-order valence-corrected chi connectivity index (χ2v) is 8.28. The van der Waals surface area contributed by atoms with Crippen LogP contribution < -0.4 is 4.74 Å². The van der Waals surface area contributed by atoms with Gasteiger partial charge in [0.1, 0.15) is 11.6 Å². The van der Waals surface area contributed by atoms with Crippen molar-refractivity contribution < 1.29 is 9.13 Å². The van der Waals surface area contributed by atoms with E-state index in [2.05, 4.69) is 16.9 Å². The maximum atomic E-state index is 14.8. The Hall–Kier alpha value is -1.78. The van der Waals surface area contributed by atoms with Crippen LogP contribution in [0.2, 0.25) is 5.02 Å². The number of ether oxygens (including phenoxy) is 1. The molecule has 1 unspecified atom stereocenters. The SMILES string of the molecule is COc1cc(Cl)ccc1C1c2[nH]c3c(c2C2(CC2)CN1C)C(F)=CCC3. The summed E-state index contributed by atoms with van der Waals surface area (Å²) in [6.45, 7) is 0.939. The summed E-state index contributed by atoms with van der Waals surface area (Å²) in [5, 5.41) is 0.655. The second kappa shape index (κ2) is 5.61. The van der Waals surface area contributed by atoms with Crippen LogP contribution in [0.4, 0.5) is 4.39 Å². The van der Waals surface area contributed by atoms with Crippen LogP contribution in [-0.2, 0) is 11.8 Å². The zero-order valence-electron chi connectivity index (χ0n) is 15.0. The predicted octanol–water partition coefficient (Wildman–Crippen LogP) is 5.00. The molecule has 5 rings (SSSR count). The Bertz CT molecular complexity index is 928. The van der Waals surface area contributed by atoms with E-state index in [4.69, 9.17) is 16.3 Å². The van der Waals surface area contributed by atoms with Crippen molar-refractivity contribution in [3.63, 3.8) is 0 Å². The second-order valence-electron chi connectivity index (χ2n) is 7.84. The Balaban J connectivity index is 1.74. The van der Waals surface area contributed by atoms with Gasteiger partial charge in [0.25, 0.3) is 0 Å². The maximum Gasteiger partial charge on any atom is 0.128 e. The lowest BCUT2D eigenvalue weighted by Gasteiger charge is -2.39. The highest BCUT2D eigenvalue weighted by atomic mass is 35.5. The number of likely N-dealkylation sites (N-methyl/N-ethyl adjacent to an activating group) is 1. The third kappa shape index (κ3) is 2.21. The Morgan fingerprint density at radius 3 is 2.88 bits per heavy atom. The Kier molecular flexibility index (Phi) is 3.54. The summed E-state index contributed by atoms with van der Waals surface area (Å²) in [5.74, 6) is 0.719. The van der Waals surface area contributed by atoms with Crippen molar-refractivity contribution in [1.82, 2.24) is 9.88 Å². The van der Waals surface area contributed by atoms with Gasteiger partial charge in [-0.15, -0.1) is 0 Å². The quantitative estimate of drug-likeness (QED) is 0.803. The number of halogens is 2. The molecular formula is C21H22ClFN2O. The van der Waals surface area contributed by atoms with Crippen LogP contribution >= 0.6 is 11.6 Å². The third-order valence-electron chi connectivity index (χ3n) is 6.20. The van der Waals surface area contributed by atoms with E-state index < -0.39 is 0 Å². The molecular weight excluding hydrogens is 351 g/mol. The molecule has 3 nitrogen and oxygen atoms in total. The standard InChI is InChI=1S/C21H22ClFN2O/c1-25-11-21(8-9-21)18-17-14(23)4-3-5-15(17)24-19(18)20(25)13-7-6-12(22)10-16(13)26-2/h4,6-7,10,20,24H,3,5,8-9,11H2,1-2H3. The van der Waals surface area contributed by atoms with Gasteiger partial charge in [0.05, 0.1) is 13.2 Å². The van der Waals surface area contributed by atoms with E-state index in [0.717, 1.165) is 60.5 Å². The van der Waals surface area contributed by atoms with Crippen LogP contribution in [0.5, 0.6) is 5.75 Å². The van der Waals surface area contributed by atoms with Crippen molar-refractivity contribution in [2.24, 2.45) is 0 Å². The van der Waals surface area contributed by atoms with E-state index in [1.165, 1.54) is 5.56 Å². The number of fused-ring (bicyclic) bond motifs is 4. The molecule has 0 amide bonds. The summed E-state index contributed by atoms with van der Waals surface area (Å²) in [4.78, 5) is 5.98. The summed E-state index contributed by atoms with van der Waals surface area (Å²) >= 11 is 6.17. The number of aromatic nitrogens is 1. The molecule has 1 atom stereocenters. The van der Waals surface area contributed by atoms with Crippen molar-refractivity contribution in [1.29, 1.82) is 0 Å². The van der Waals surface area contributed by atoms with Crippen molar-refractivity contribution in [2.75, 3.05) is 20.7 Å². The van der Waals surface area contributed by atoms with Crippen molar-refractivity contribution in [2.45, 2.75) is 37.1 Å². The normalized spacial score (nSPS) is 23.4. The molecule has 1 N–H and O–H groups in total. The summed E-state index contributed by atoms with van der Waals surface area (Å²) < 4.78 is 20.4. The molecule has 26 heavy (non-hydrogen) atoms. The molecule has 1 aromatic carbocycles. The van der Waals surface area contributed by atoms with Crippen LogP contribution in [0.1, 0.15) is 53.4 Å². The van der Waals surface area contributed by atoms with Crippen molar-refractivity contribution in [3.05, 3.63) is 57.4 Å². The van der Waals surface area contributed by atoms with Gasteiger partial charge in [0.2, 0.25) is 0 Å². The van der Waals surface area contributed by atoms with Crippen molar-refractivity contribution in [3.8, 4) is 5.75 Å². The number of aryl methyl sites for hydroxylation is 1. The minimum Gasteiger partial charge on any atom is -0.496 e. The zero-order valence-corrected chi connectivity index (χ0v) is 15.8. The first-order valence-electron chi connectivity index (χ1n) is 9.19. The molecule has 3 aliphatic rings. The number of nitrogens with one attached hydrogen (secondary N) is 1. The summed E-state index contributed by atoms with van der Waals surface area (Å²) in [6, 6.07) is 5.80. The molecule has 0 bridgehead atoms. The largest absolute Gasteiger partial charge is 0.496 e. The predicted molar refractivity (Wildman–Crippen MR) is 102 cm³/mol. The molecule has 5 heteroatoms. The number of allylic oxidation sites excluding steroid dienone is 1. The summed E-state index contributed by atoms with van der Waals surface area (Å²) in [6.07, 6.45) is 5.64. The van der Waals surface area contributed by atoms with Crippen LogP contribution in [0, 0.1) is 0 Å². The Morgan fingerprint density at radius 1 is 1.35 bits per heavy atom. The molecule has 0 radical (unpaired) electrons.